The highest BCUT2D eigenvalue weighted by Gasteiger charge is 2.16. The van der Waals surface area contributed by atoms with Gasteiger partial charge in [-0.2, -0.15) is 5.26 Å². The Labute approximate surface area is 116 Å². The zero-order valence-corrected chi connectivity index (χ0v) is 12.4. The van der Waals surface area contributed by atoms with Crippen molar-refractivity contribution in [3.63, 3.8) is 0 Å². The number of carbonyl (C=O) groups excluding carboxylic acids is 1. The summed E-state index contributed by atoms with van der Waals surface area (Å²) in [6, 6.07) is 7.71. The molecule has 5 heteroatoms. The van der Waals surface area contributed by atoms with Crippen LogP contribution in [0.5, 0.6) is 0 Å². The normalized spacial score (nSPS) is 9.72. The highest BCUT2D eigenvalue weighted by atomic mass is 79.9. The Morgan fingerprint density at radius 3 is 2.61 bits per heavy atom. The van der Waals surface area contributed by atoms with Gasteiger partial charge in [0.15, 0.2) is 0 Å². The monoisotopic (exact) mass is 309 g/mol. The fourth-order valence-corrected chi connectivity index (χ4v) is 2.00. The van der Waals surface area contributed by atoms with Crippen LogP contribution in [-0.4, -0.2) is 38.0 Å². The summed E-state index contributed by atoms with van der Waals surface area (Å²) in [6.45, 7) is 2.91. The Morgan fingerprint density at radius 1 is 1.44 bits per heavy atom. The molecule has 0 radical (unpaired) electrons. The van der Waals surface area contributed by atoms with Gasteiger partial charge in [-0.15, -0.1) is 0 Å². The van der Waals surface area contributed by atoms with Crippen LogP contribution in [0.2, 0.25) is 0 Å². The van der Waals surface area contributed by atoms with Crippen LogP contribution in [0, 0.1) is 11.3 Å². The molecule has 1 rings (SSSR count). The molecule has 0 bridgehead atoms. The number of anilines is 1. The summed E-state index contributed by atoms with van der Waals surface area (Å²) in [4.78, 5) is 15.2. The first-order valence-corrected chi connectivity index (χ1v) is 6.44. The van der Waals surface area contributed by atoms with Gasteiger partial charge in [0, 0.05) is 25.1 Å². The van der Waals surface area contributed by atoms with E-state index >= 15 is 0 Å². The van der Waals surface area contributed by atoms with E-state index in [9.17, 15) is 10.1 Å². The molecule has 0 spiro atoms. The number of hydrogen-bond donors (Lipinski definition) is 0. The van der Waals surface area contributed by atoms with Gasteiger partial charge in [0.05, 0.1) is 17.8 Å². The molecule has 0 saturated heterocycles. The lowest BCUT2D eigenvalue weighted by Crippen LogP contribution is -2.36. The molecule has 0 unspecified atom stereocenters. The number of amides is 1. The highest BCUT2D eigenvalue weighted by Crippen LogP contribution is 2.26. The lowest BCUT2D eigenvalue weighted by Gasteiger charge is -2.25. The molecule has 1 amide bonds. The summed E-state index contributed by atoms with van der Waals surface area (Å²) in [7, 11) is 3.45. The summed E-state index contributed by atoms with van der Waals surface area (Å²) in [5, 5.41) is 9.18. The van der Waals surface area contributed by atoms with Crippen molar-refractivity contribution in [1.82, 2.24) is 4.90 Å². The van der Waals surface area contributed by atoms with E-state index in [1.54, 1.807) is 19.0 Å². The largest absolute Gasteiger partial charge is 0.361 e. The summed E-state index contributed by atoms with van der Waals surface area (Å²) >= 11 is 3.36. The van der Waals surface area contributed by atoms with Crippen LogP contribution < -0.4 is 4.90 Å². The van der Waals surface area contributed by atoms with Gasteiger partial charge in [-0.25, -0.2) is 0 Å². The second-order valence-electron chi connectivity index (χ2n) is 4.05. The van der Waals surface area contributed by atoms with Gasteiger partial charge in [0.25, 0.3) is 0 Å². The second-order valence-corrected chi connectivity index (χ2v) is 4.90. The number of halogens is 1. The Bertz CT molecular complexity index is 480. The molecule has 1 aromatic rings. The van der Waals surface area contributed by atoms with Crippen LogP contribution in [-0.2, 0) is 4.79 Å². The van der Waals surface area contributed by atoms with Crippen molar-refractivity contribution in [2.75, 3.05) is 32.1 Å². The van der Waals surface area contributed by atoms with Gasteiger partial charge in [-0.3, -0.25) is 4.79 Å². The number of hydrogen-bond acceptors (Lipinski definition) is 3. The zero-order valence-electron chi connectivity index (χ0n) is 10.8. The maximum absolute atomic E-state index is 11.8. The highest BCUT2D eigenvalue weighted by molar-refractivity contribution is 9.10. The molecule has 0 aliphatic heterocycles. The van der Waals surface area contributed by atoms with Crippen molar-refractivity contribution < 1.29 is 4.79 Å². The van der Waals surface area contributed by atoms with Crippen LogP contribution in [0.15, 0.2) is 22.7 Å². The minimum absolute atomic E-state index is 0.0146. The molecule has 1 aromatic carbocycles. The first kappa shape index (κ1) is 14.5. The topological polar surface area (TPSA) is 47.3 Å². The van der Waals surface area contributed by atoms with E-state index in [4.69, 9.17) is 0 Å². The summed E-state index contributed by atoms with van der Waals surface area (Å²) in [5.74, 6) is 0.0146. The van der Waals surface area contributed by atoms with Crippen molar-refractivity contribution in [2.24, 2.45) is 0 Å². The van der Waals surface area contributed by atoms with E-state index in [-0.39, 0.29) is 12.5 Å². The Balaban J connectivity index is 3.07. The standard InChI is InChI=1S/C13H16BrN3O/c1-4-17(9-13(18)16(2)3)12-7-5-6-11(14)10(12)8-15/h5-7H,4,9H2,1-3H3. The van der Waals surface area contributed by atoms with Crippen molar-refractivity contribution in [2.45, 2.75) is 6.92 Å². The van der Waals surface area contributed by atoms with Crippen LogP contribution in [0.1, 0.15) is 12.5 Å². The average Bonchev–Trinajstić information content (AvgIpc) is 2.35. The van der Waals surface area contributed by atoms with Crippen molar-refractivity contribution >= 4 is 27.5 Å². The molecule has 0 aromatic heterocycles. The van der Waals surface area contributed by atoms with E-state index in [1.165, 1.54) is 0 Å². The summed E-state index contributed by atoms with van der Waals surface area (Å²) in [6.07, 6.45) is 0. The molecule has 96 valence electrons. The van der Waals surface area contributed by atoms with Crippen molar-refractivity contribution in [3.05, 3.63) is 28.2 Å². The van der Waals surface area contributed by atoms with Crippen LogP contribution in [0.4, 0.5) is 5.69 Å². The molecule has 4 nitrogen and oxygen atoms in total. The second kappa shape index (κ2) is 6.41. The minimum Gasteiger partial charge on any atom is -0.361 e. The van der Waals surface area contributed by atoms with E-state index in [2.05, 4.69) is 22.0 Å². The molecular formula is C13H16BrN3O. The molecule has 0 heterocycles. The van der Waals surface area contributed by atoms with Gasteiger partial charge in [0.1, 0.15) is 6.07 Å². The first-order valence-electron chi connectivity index (χ1n) is 5.65. The number of nitriles is 1. The molecule has 0 atom stereocenters. The fraction of sp³-hybridized carbons (Fsp3) is 0.385. The van der Waals surface area contributed by atoms with Crippen LogP contribution in [0.3, 0.4) is 0 Å². The number of nitrogens with zero attached hydrogens (tertiary/aromatic N) is 3. The van der Waals surface area contributed by atoms with E-state index < -0.39 is 0 Å². The molecule has 0 aliphatic carbocycles. The van der Waals surface area contributed by atoms with Crippen LogP contribution >= 0.6 is 15.9 Å². The summed E-state index contributed by atoms with van der Waals surface area (Å²) < 4.78 is 0.748. The smallest absolute Gasteiger partial charge is 0.241 e. The van der Waals surface area contributed by atoms with Crippen LogP contribution in [0.25, 0.3) is 0 Å². The average molecular weight is 310 g/mol. The number of likely N-dealkylation sites (N-methyl/N-ethyl adjacent to an activating group) is 2. The third kappa shape index (κ3) is 3.23. The quantitative estimate of drug-likeness (QED) is 0.857. The number of carbonyl (C=O) groups is 1. The molecule has 0 saturated carbocycles. The van der Waals surface area contributed by atoms with Crippen molar-refractivity contribution in [1.29, 1.82) is 5.26 Å². The lowest BCUT2D eigenvalue weighted by atomic mass is 10.1. The van der Waals surface area contributed by atoms with Gasteiger partial charge in [0.2, 0.25) is 5.91 Å². The Morgan fingerprint density at radius 2 is 2.11 bits per heavy atom. The molecular weight excluding hydrogens is 294 g/mol. The minimum atomic E-state index is 0.0146. The molecule has 0 aliphatic rings. The molecule has 0 N–H and O–H groups in total. The first-order chi connectivity index (χ1) is 8.51. The fourth-order valence-electron chi connectivity index (χ4n) is 1.56. The van der Waals surface area contributed by atoms with E-state index in [1.807, 2.05) is 30.0 Å². The Kier molecular flexibility index (Phi) is 5.17. The SMILES string of the molecule is CCN(CC(=O)N(C)C)c1cccc(Br)c1C#N. The third-order valence-electron chi connectivity index (χ3n) is 2.65. The number of benzene rings is 1. The predicted molar refractivity (Wildman–Crippen MR) is 75.4 cm³/mol. The van der Waals surface area contributed by atoms with E-state index in [0.29, 0.717) is 12.1 Å². The third-order valence-corrected chi connectivity index (χ3v) is 3.31. The lowest BCUT2D eigenvalue weighted by molar-refractivity contribution is -0.127. The predicted octanol–water partition coefficient (Wildman–Crippen LogP) is 2.24. The maximum atomic E-state index is 11.8. The Hall–Kier alpha value is -1.54. The van der Waals surface area contributed by atoms with Gasteiger partial charge < -0.3 is 9.80 Å². The van der Waals surface area contributed by atoms with Gasteiger partial charge in [-0.05, 0) is 35.0 Å². The van der Waals surface area contributed by atoms with E-state index in [0.717, 1.165) is 10.2 Å². The van der Waals surface area contributed by atoms with Gasteiger partial charge >= 0.3 is 0 Å². The van der Waals surface area contributed by atoms with Gasteiger partial charge in [-0.1, -0.05) is 6.07 Å². The summed E-state index contributed by atoms with van der Waals surface area (Å²) in [5.41, 5.74) is 1.34. The molecule has 18 heavy (non-hydrogen) atoms. The zero-order chi connectivity index (χ0) is 13.7. The maximum Gasteiger partial charge on any atom is 0.241 e. The molecule has 0 fully saturated rings. The number of rotatable bonds is 4. The van der Waals surface area contributed by atoms with Crippen molar-refractivity contribution in [3.8, 4) is 6.07 Å².